The summed E-state index contributed by atoms with van der Waals surface area (Å²) in [7, 11) is 1.51. The van der Waals surface area contributed by atoms with Gasteiger partial charge in [-0.25, -0.2) is 4.79 Å². The maximum absolute atomic E-state index is 11.8. The molecule has 0 unspecified atom stereocenters. The molecule has 1 amide bonds. The van der Waals surface area contributed by atoms with Gasteiger partial charge in [0.15, 0.2) is 0 Å². The predicted octanol–water partition coefficient (Wildman–Crippen LogP) is 4.77. The van der Waals surface area contributed by atoms with Gasteiger partial charge in [0.2, 0.25) is 0 Å². The number of hydrogen-bond donors (Lipinski definition) is 1. The Balaban J connectivity index is 3.07. The zero-order valence-electron chi connectivity index (χ0n) is 11.6. The van der Waals surface area contributed by atoms with Crippen molar-refractivity contribution in [2.24, 2.45) is 0 Å². The van der Waals surface area contributed by atoms with Gasteiger partial charge < -0.3 is 9.47 Å². The van der Waals surface area contributed by atoms with Crippen molar-refractivity contribution in [1.29, 1.82) is 0 Å². The van der Waals surface area contributed by atoms with Crippen molar-refractivity contribution in [3.63, 3.8) is 0 Å². The number of hydrogen-bond acceptors (Lipinski definition) is 3. The lowest BCUT2D eigenvalue weighted by atomic mass is 10.2. The predicted molar refractivity (Wildman–Crippen MR) is 80.3 cm³/mol. The van der Waals surface area contributed by atoms with Gasteiger partial charge in [-0.15, -0.1) is 0 Å². The molecule has 0 aliphatic carbocycles. The van der Waals surface area contributed by atoms with Crippen molar-refractivity contribution in [3.8, 4) is 5.75 Å². The first-order valence-electron chi connectivity index (χ1n) is 5.68. The van der Waals surface area contributed by atoms with E-state index in [2.05, 4.69) is 21.2 Å². The van der Waals surface area contributed by atoms with Gasteiger partial charge in [-0.2, -0.15) is 0 Å². The number of amides is 1. The molecule has 1 N–H and O–H groups in total. The normalized spacial score (nSPS) is 11.1. The second-order valence-corrected chi connectivity index (χ2v) is 6.20. The highest BCUT2D eigenvalue weighted by molar-refractivity contribution is 9.10. The van der Waals surface area contributed by atoms with Gasteiger partial charge in [0.05, 0.1) is 7.11 Å². The quantitative estimate of drug-likeness (QED) is 0.836. The van der Waals surface area contributed by atoms with Gasteiger partial charge in [-0.1, -0.05) is 11.6 Å². The SMILES string of the molecule is COc1cc(Cl)c(C)c(Br)c1NC(=O)OC(C)(C)C. The molecular weight excluding hydrogens is 334 g/mol. The monoisotopic (exact) mass is 349 g/mol. The number of carbonyl (C=O) groups is 1. The van der Waals surface area contributed by atoms with Gasteiger partial charge in [0, 0.05) is 15.6 Å². The summed E-state index contributed by atoms with van der Waals surface area (Å²) >= 11 is 9.46. The molecule has 1 rings (SSSR count). The third-order valence-corrected chi connectivity index (χ3v) is 3.64. The Morgan fingerprint density at radius 2 is 2.00 bits per heavy atom. The molecule has 19 heavy (non-hydrogen) atoms. The Hall–Kier alpha value is -0.940. The van der Waals surface area contributed by atoms with Crippen LogP contribution in [0.1, 0.15) is 26.3 Å². The van der Waals surface area contributed by atoms with Gasteiger partial charge in [-0.05, 0) is 49.2 Å². The van der Waals surface area contributed by atoms with E-state index in [1.807, 2.05) is 6.92 Å². The number of methoxy groups -OCH3 is 1. The molecule has 1 aromatic rings. The van der Waals surface area contributed by atoms with Crippen LogP contribution in [-0.4, -0.2) is 18.8 Å². The molecule has 0 fully saturated rings. The fraction of sp³-hybridized carbons (Fsp3) is 0.462. The molecule has 0 bridgehead atoms. The fourth-order valence-corrected chi connectivity index (χ4v) is 2.19. The van der Waals surface area contributed by atoms with Crippen LogP contribution >= 0.6 is 27.5 Å². The van der Waals surface area contributed by atoms with E-state index in [9.17, 15) is 4.79 Å². The summed E-state index contributed by atoms with van der Waals surface area (Å²) in [6.45, 7) is 7.23. The molecule has 0 aromatic heterocycles. The van der Waals surface area contributed by atoms with E-state index in [0.29, 0.717) is 20.9 Å². The first kappa shape index (κ1) is 16.1. The van der Waals surface area contributed by atoms with Crippen molar-refractivity contribution < 1.29 is 14.3 Å². The number of carbonyl (C=O) groups excluding carboxylic acids is 1. The molecule has 0 aliphatic heterocycles. The molecule has 0 heterocycles. The van der Waals surface area contributed by atoms with E-state index in [1.165, 1.54) is 7.11 Å². The molecule has 1 aromatic carbocycles. The number of halogens is 2. The minimum absolute atomic E-state index is 0.466. The van der Waals surface area contributed by atoms with Gasteiger partial charge in [-0.3, -0.25) is 5.32 Å². The minimum atomic E-state index is -0.564. The molecule has 0 spiro atoms. The van der Waals surface area contributed by atoms with E-state index >= 15 is 0 Å². The second kappa shape index (κ2) is 6.01. The van der Waals surface area contributed by atoms with Gasteiger partial charge in [0.1, 0.15) is 17.0 Å². The maximum atomic E-state index is 11.8. The highest BCUT2D eigenvalue weighted by atomic mass is 79.9. The largest absolute Gasteiger partial charge is 0.494 e. The average Bonchev–Trinajstić information content (AvgIpc) is 2.27. The Labute approximate surface area is 126 Å². The summed E-state index contributed by atoms with van der Waals surface area (Å²) in [4.78, 5) is 11.8. The summed E-state index contributed by atoms with van der Waals surface area (Å²) in [6, 6.07) is 1.65. The van der Waals surface area contributed by atoms with Crippen molar-refractivity contribution in [2.75, 3.05) is 12.4 Å². The molecule has 0 aliphatic rings. The number of rotatable bonds is 2. The van der Waals surface area contributed by atoms with Crippen LogP contribution in [0.15, 0.2) is 10.5 Å². The van der Waals surface area contributed by atoms with E-state index in [4.69, 9.17) is 21.1 Å². The van der Waals surface area contributed by atoms with Crippen LogP contribution in [0.2, 0.25) is 5.02 Å². The maximum Gasteiger partial charge on any atom is 0.412 e. The summed E-state index contributed by atoms with van der Waals surface area (Å²) in [5.41, 5.74) is 0.748. The van der Waals surface area contributed by atoms with Crippen LogP contribution in [0.3, 0.4) is 0 Å². The smallest absolute Gasteiger partial charge is 0.412 e. The van der Waals surface area contributed by atoms with E-state index in [-0.39, 0.29) is 0 Å². The lowest BCUT2D eigenvalue weighted by molar-refractivity contribution is 0.0635. The number of benzene rings is 1. The van der Waals surface area contributed by atoms with Crippen molar-refractivity contribution in [2.45, 2.75) is 33.3 Å². The van der Waals surface area contributed by atoms with Crippen molar-refractivity contribution in [3.05, 3.63) is 21.1 Å². The molecule has 0 saturated carbocycles. The molecule has 6 heteroatoms. The first-order chi connectivity index (χ1) is 8.65. The molecule has 106 valence electrons. The summed E-state index contributed by atoms with van der Waals surface area (Å²) in [6.07, 6.45) is -0.548. The fourth-order valence-electron chi connectivity index (χ4n) is 1.38. The van der Waals surface area contributed by atoms with Crippen molar-refractivity contribution in [1.82, 2.24) is 0 Å². The molecule has 0 saturated heterocycles. The van der Waals surface area contributed by atoms with Crippen LogP contribution in [-0.2, 0) is 4.74 Å². The summed E-state index contributed by atoms with van der Waals surface area (Å²) in [5, 5.41) is 3.22. The van der Waals surface area contributed by atoms with Crippen LogP contribution in [0.25, 0.3) is 0 Å². The standard InChI is InChI=1S/C13H17BrClNO3/c1-7-8(15)6-9(18-5)11(10(7)14)16-12(17)19-13(2,3)4/h6H,1-5H3,(H,16,17). The molecule has 0 radical (unpaired) electrons. The van der Waals surface area contributed by atoms with Crippen LogP contribution < -0.4 is 10.1 Å². The van der Waals surface area contributed by atoms with Crippen LogP contribution in [0.5, 0.6) is 5.75 Å². The van der Waals surface area contributed by atoms with E-state index in [1.54, 1.807) is 26.8 Å². The second-order valence-electron chi connectivity index (χ2n) is 5.00. The summed E-state index contributed by atoms with van der Waals surface area (Å²) < 4.78 is 11.1. The minimum Gasteiger partial charge on any atom is -0.494 e. The topological polar surface area (TPSA) is 47.6 Å². The first-order valence-corrected chi connectivity index (χ1v) is 6.85. The highest BCUT2D eigenvalue weighted by Gasteiger charge is 2.20. The number of ether oxygens (including phenoxy) is 2. The van der Waals surface area contributed by atoms with Crippen LogP contribution in [0.4, 0.5) is 10.5 Å². The lowest BCUT2D eigenvalue weighted by Gasteiger charge is -2.21. The van der Waals surface area contributed by atoms with Gasteiger partial charge in [0.25, 0.3) is 0 Å². The highest BCUT2D eigenvalue weighted by Crippen LogP contribution is 2.39. The van der Waals surface area contributed by atoms with Gasteiger partial charge >= 0.3 is 6.09 Å². The molecule has 0 atom stereocenters. The van der Waals surface area contributed by atoms with Crippen LogP contribution in [0, 0.1) is 6.92 Å². The zero-order chi connectivity index (χ0) is 14.8. The third kappa shape index (κ3) is 4.28. The third-order valence-electron chi connectivity index (χ3n) is 2.26. The Morgan fingerprint density at radius 1 is 1.42 bits per heavy atom. The summed E-state index contributed by atoms with van der Waals surface area (Å²) in [5.74, 6) is 0.466. The number of nitrogens with one attached hydrogen (secondary N) is 1. The van der Waals surface area contributed by atoms with E-state index < -0.39 is 11.7 Å². The Kier molecular flexibility index (Phi) is 5.10. The number of anilines is 1. The Morgan fingerprint density at radius 3 is 2.47 bits per heavy atom. The zero-order valence-corrected chi connectivity index (χ0v) is 13.9. The Bertz CT molecular complexity index is 498. The lowest BCUT2D eigenvalue weighted by Crippen LogP contribution is -2.27. The molecular formula is C13H17BrClNO3. The van der Waals surface area contributed by atoms with Crippen molar-refractivity contribution >= 4 is 39.3 Å². The molecule has 4 nitrogen and oxygen atoms in total. The average molecular weight is 351 g/mol. The van der Waals surface area contributed by atoms with E-state index in [0.717, 1.165) is 5.56 Å².